The van der Waals surface area contributed by atoms with Crippen LogP contribution in [0, 0.1) is 17.6 Å². The Balaban J connectivity index is 1.83. The quantitative estimate of drug-likeness (QED) is 0.769. The summed E-state index contributed by atoms with van der Waals surface area (Å²) in [6.07, 6.45) is 3.73. The summed E-state index contributed by atoms with van der Waals surface area (Å²) >= 11 is 0. The SMILES string of the molecule is C[C@H]1CC[C@H](c2cc(F)cc(F)c2)N(C(=O)C(=O)Nc2cncc(C(N)=O)c2)C1. The van der Waals surface area contributed by atoms with Gasteiger partial charge in [0.2, 0.25) is 5.91 Å². The number of likely N-dealkylation sites (tertiary alicyclic amines) is 1. The van der Waals surface area contributed by atoms with Crippen LogP contribution in [-0.2, 0) is 9.59 Å². The zero-order valence-electron chi connectivity index (χ0n) is 15.7. The fourth-order valence-corrected chi connectivity index (χ4v) is 3.45. The number of rotatable bonds is 3. The third kappa shape index (κ3) is 4.74. The van der Waals surface area contributed by atoms with Crippen molar-refractivity contribution in [3.05, 3.63) is 59.4 Å². The molecule has 1 saturated heterocycles. The lowest BCUT2D eigenvalue weighted by Crippen LogP contribution is -2.46. The van der Waals surface area contributed by atoms with E-state index in [0.717, 1.165) is 12.5 Å². The van der Waals surface area contributed by atoms with Crippen LogP contribution >= 0.6 is 0 Å². The number of benzene rings is 1. The van der Waals surface area contributed by atoms with E-state index in [9.17, 15) is 23.2 Å². The molecule has 0 spiro atoms. The van der Waals surface area contributed by atoms with E-state index < -0.39 is 35.4 Å². The molecular formula is C20H20F2N4O3. The Kier molecular flexibility index (Phi) is 5.86. The maximum absolute atomic E-state index is 13.7. The number of aromatic nitrogens is 1. The van der Waals surface area contributed by atoms with Crippen LogP contribution in [0.2, 0.25) is 0 Å². The zero-order valence-corrected chi connectivity index (χ0v) is 15.7. The number of anilines is 1. The van der Waals surface area contributed by atoms with Crippen molar-refractivity contribution in [3.8, 4) is 0 Å². The number of hydrogen-bond acceptors (Lipinski definition) is 4. The van der Waals surface area contributed by atoms with Gasteiger partial charge in [0.15, 0.2) is 0 Å². The Morgan fingerprint density at radius 1 is 1.10 bits per heavy atom. The van der Waals surface area contributed by atoms with Gasteiger partial charge in [-0.3, -0.25) is 19.4 Å². The van der Waals surface area contributed by atoms with Crippen molar-refractivity contribution in [2.45, 2.75) is 25.8 Å². The molecule has 3 rings (SSSR count). The summed E-state index contributed by atoms with van der Waals surface area (Å²) in [7, 11) is 0. The molecule has 1 aromatic carbocycles. The van der Waals surface area contributed by atoms with Crippen LogP contribution in [0.5, 0.6) is 0 Å². The second-order valence-corrected chi connectivity index (χ2v) is 7.14. The first-order valence-electron chi connectivity index (χ1n) is 9.07. The van der Waals surface area contributed by atoms with Crippen LogP contribution < -0.4 is 11.1 Å². The lowest BCUT2D eigenvalue weighted by atomic mass is 9.89. The summed E-state index contributed by atoms with van der Waals surface area (Å²) < 4.78 is 27.3. The Morgan fingerprint density at radius 2 is 1.79 bits per heavy atom. The molecule has 2 heterocycles. The first kappa shape index (κ1) is 20.4. The van der Waals surface area contributed by atoms with Crippen molar-refractivity contribution >= 4 is 23.4 Å². The van der Waals surface area contributed by atoms with Gasteiger partial charge in [-0.2, -0.15) is 0 Å². The van der Waals surface area contributed by atoms with Gasteiger partial charge in [0.05, 0.1) is 23.5 Å². The first-order chi connectivity index (χ1) is 13.7. The van der Waals surface area contributed by atoms with Crippen molar-refractivity contribution in [1.29, 1.82) is 0 Å². The van der Waals surface area contributed by atoms with Gasteiger partial charge in [0.1, 0.15) is 11.6 Å². The van der Waals surface area contributed by atoms with Gasteiger partial charge in [-0.1, -0.05) is 6.92 Å². The number of carbonyl (C=O) groups excluding carboxylic acids is 3. The molecule has 3 N–H and O–H groups in total. The number of amides is 3. The predicted molar refractivity (Wildman–Crippen MR) is 101 cm³/mol. The Bertz CT molecular complexity index is 946. The molecule has 0 saturated carbocycles. The molecule has 0 unspecified atom stereocenters. The van der Waals surface area contributed by atoms with Gasteiger partial charge < -0.3 is 16.0 Å². The molecule has 9 heteroatoms. The van der Waals surface area contributed by atoms with Crippen molar-refractivity contribution in [1.82, 2.24) is 9.88 Å². The number of piperidine rings is 1. The largest absolute Gasteiger partial charge is 0.366 e. The molecule has 0 radical (unpaired) electrons. The number of primary amides is 1. The number of pyridine rings is 1. The van der Waals surface area contributed by atoms with E-state index in [0.29, 0.717) is 12.0 Å². The topological polar surface area (TPSA) is 105 Å². The summed E-state index contributed by atoms with van der Waals surface area (Å²) in [5.41, 5.74) is 5.70. The Labute approximate surface area is 165 Å². The second kappa shape index (κ2) is 8.34. The van der Waals surface area contributed by atoms with E-state index in [4.69, 9.17) is 5.73 Å². The minimum absolute atomic E-state index is 0.0787. The highest BCUT2D eigenvalue weighted by Gasteiger charge is 2.34. The molecule has 0 bridgehead atoms. The molecule has 2 atom stereocenters. The van der Waals surface area contributed by atoms with E-state index in [1.807, 2.05) is 6.92 Å². The average Bonchev–Trinajstić information content (AvgIpc) is 2.66. The van der Waals surface area contributed by atoms with Crippen LogP contribution in [0.1, 0.15) is 41.7 Å². The smallest absolute Gasteiger partial charge is 0.313 e. The van der Waals surface area contributed by atoms with Crippen LogP contribution in [0.4, 0.5) is 14.5 Å². The maximum Gasteiger partial charge on any atom is 0.313 e. The molecule has 152 valence electrons. The van der Waals surface area contributed by atoms with Gasteiger partial charge in [-0.05, 0) is 42.5 Å². The van der Waals surface area contributed by atoms with E-state index in [2.05, 4.69) is 10.3 Å². The minimum Gasteiger partial charge on any atom is -0.366 e. The van der Waals surface area contributed by atoms with E-state index in [-0.39, 0.29) is 23.7 Å². The van der Waals surface area contributed by atoms with Gasteiger partial charge in [-0.15, -0.1) is 0 Å². The summed E-state index contributed by atoms with van der Waals surface area (Å²) in [5.74, 6) is -3.87. The van der Waals surface area contributed by atoms with Crippen LogP contribution in [0.3, 0.4) is 0 Å². The van der Waals surface area contributed by atoms with Crippen LogP contribution in [-0.4, -0.2) is 34.2 Å². The van der Waals surface area contributed by atoms with Gasteiger partial charge >= 0.3 is 11.8 Å². The third-order valence-corrected chi connectivity index (χ3v) is 4.82. The lowest BCUT2D eigenvalue weighted by molar-refractivity contribution is -0.146. The van der Waals surface area contributed by atoms with Gasteiger partial charge in [0, 0.05) is 18.8 Å². The highest BCUT2D eigenvalue weighted by atomic mass is 19.1. The first-order valence-corrected chi connectivity index (χ1v) is 9.07. The number of hydrogen-bond donors (Lipinski definition) is 2. The second-order valence-electron chi connectivity index (χ2n) is 7.14. The van der Waals surface area contributed by atoms with Crippen LogP contribution in [0.15, 0.2) is 36.7 Å². The van der Waals surface area contributed by atoms with Crippen molar-refractivity contribution in [2.75, 3.05) is 11.9 Å². The van der Waals surface area contributed by atoms with Crippen molar-refractivity contribution in [3.63, 3.8) is 0 Å². The number of nitrogens with zero attached hydrogens (tertiary/aromatic N) is 2. The number of carbonyl (C=O) groups is 3. The van der Waals surface area contributed by atoms with E-state index >= 15 is 0 Å². The zero-order chi connectivity index (χ0) is 21.1. The maximum atomic E-state index is 13.7. The van der Waals surface area contributed by atoms with Gasteiger partial charge in [-0.25, -0.2) is 8.78 Å². The fraction of sp³-hybridized carbons (Fsp3) is 0.300. The summed E-state index contributed by atoms with van der Waals surface area (Å²) in [6, 6.07) is 3.78. The molecule has 2 aromatic rings. The van der Waals surface area contributed by atoms with E-state index in [1.165, 1.54) is 35.5 Å². The Morgan fingerprint density at radius 3 is 2.45 bits per heavy atom. The molecule has 1 fully saturated rings. The minimum atomic E-state index is -0.940. The lowest BCUT2D eigenvalue weighted by Gasteiger charge is -2.38. The fourth-order valence-electron chi connectivity index (χ4n) is 3.45. The number of halogens is 2. The predicted octanol–water partition coefficient (Wildman–Crippen LogP) is 2.40. The summed E-state index contributed by atoms with van der Waals surface area (Å²) in [5, 5.41) is 2.40. The molecule has 7 nitrogen and oxygen atoms in total. The number of nitrogens with two attached hydrogens (primary N) is 1. The van der Waals surface area contributed by atoms with Gasteiger partial charge in [0.25, 0.3) is 0 Å². The molecule has 29 heavy (non-hydrogen) atoms. The van der Waals surface area contributed by atoms with Crippen LogP contribution in [0.25, 0.3) is 0 Å². The highest BCUT2D eigenvalue weighted by molar-refractivity contribution is 6.39. The third-order valence-electron chi connectivity index (χ3n) is 4.82. The normalized spacial score (nSPS) is 18.9. The average molecular weight is 402 g/mol. The van der Waals surface area contributed by atoms with Crippen molar-refractivity contribution in [2.24, 2.45) is 11.7 Å². The molecular weight excluding hydrogens is 382 g/mol. The monoisotopic (exact) mass is 402 g/mol. The Hall–Kier alpha value is -3.36. The summed E-state index contributed by atoms with van der Waals surface area (Å²) in [4.78, 5) is 41.7. The number of nitrogens with one attached hydrogen (secondary N) is 1. The van der Waals surface area contributed by atoms with Crippen molar-refractivity contribution < 1.29 is 23.2 Å². The molecule has 1 aliphatic rings. The standard InChI is InChI=1S/C20H20F2N4O3/c1-11-2-3-17(12-4-14(21)7-15(22)5-12)26(10-11)20(29)19(28)25-16-6-13(18(23)27)8-24-9-16/h4-9,11,17H,2-3,10H2,1H3,(H2,23,27)(H,25,28)/t11-,17+/m0/s1. The summed E-state index contributed by atoms with van der Waals surface area (Å²) in [6.45, 7) is 2.20. The molecule has 3 amide bonds. The molecule has 1 aromatic heterocycles. The highest BCUT2D eigenvalue weighted by Crippen LogP contribution is 2.34. The molecule has 1 aliphatic heterocycles. The van der Waals surface area contributed by atoms with E-state index in [1.54, 1.807) is 0 Å². The molecule has 0 aliphatic carbocycles.